The number of hydrogen-bond acceptors (Lipinski definition) is 1. The first-order valence-electron chi connectivity index (χ1n) is 5.11. The largest absolute Gasteiger partial charge is 0.353 e. The van der Waals surface area contributed by atoms with Gasteiger partial charge >= 0.3 is 0 Å². The quantitative estimate of drug-likeness (QED) is 0.663. The van der Waals surface area contributed by atoms with Crippen LogP contribution in [0.5, 0.6) is 0 Å². The molecule has 0 saturated carbocycles. The smallest absolute Gasteiger partial charge is 0.220 e. The van der Waals surface area contributed by atoms with Crippen LogP contribution in [0.4, 0.5) is 0 Å². The number of amides is 1. The molecule has 0 bridgehead atoms. The minimum absolute atomic E-state index is 0.182. The molecule has 0 spiro atoms. The summed E-state index contributed by atoms with van der Waals surface area (Å²) in [5.74, 6) is 1.31. The van der Waals surface area contributed by atoms with Crippen LogP contribution in [0.1, 0.15) is 41.0 Å². The molecule has 2 atom stereocenters. The molecule has 1 N–H and O–H groups in total. The first-order valence-corrected chi connectivity index (χ1v) is 5.11. The van der Waals surface area contributed by atoms with E-state index in [4.69, 9.17) is 0 Å². The predicted octanol–water partition coefficient (Wildman–Crippen LogP) is 2.19. The third-order valence-corrected chi connectivity index (χ3v) is 2.96. The zero-order valence-electron chi connectivity index (χ0n) is 9.35. The van der Waals surface area contributed by atoms with E-state index >= 15 is 0 Å². The molecule has 1 fully saturated rings. The van der Waals surface area contributed by atoms with Crippen molar-refractivity contribution in [2.24, 2.45) is 17.3 Å². The van der Waals surface area contributed by atoms with Crippen molar-refractivity contribution < 1.29 is 4.79 Å². The molecule has 13 heavy (non-hydrogen) atoms. The van der Waals surface area contributed by atoms with Gasteiger partial charge in [0, 0.05) is 12.5 Å². The molecule has 0 radical (unpaired) electrons. The highest BCUT2D eigenvalue weighted by molar-refractivity contribution is 5.79. The fourth-order valence-electron chi connectivity index (χ4n) is 2.15. The Bertz CT molecular complexity index is 203. The van der Waals surface area contributed by atoms with Crippen LogP contribution in [0.15, 0.2) is 0 Å². The van der Waals surface area contributed by atoms with Crippen molar-refractivity contribution >= 4 is 5.91 Å². The lowest BCUT2D eigenvalue weighted by Crippen LogP contribution is -2.42. The van der Waals surface area contributed by atoms with Gasteiger partial charge in [0.25, 0.3) is 0 Å². The Labute approximate surface area is 81.1 Å². The normalized spacial score (nSPS) is 29.5. The van der Waals surface area contributed by atoms with Crippen molar-refractivity contribution in [2.45, 2.75) is 47.1 Å². The maximum absolute atomic E-state index is 11.3. The first-order chi connectivity index (χ1) is 5.82. The molecule has 0 aromatic rings. The Morgan fingerprint density at radius 3 is 2.23 bits per heavy atom. The summed E-state index contributed by atoms with van der Waals surface area (Å²) in [6.07, 6.45) is 0.708. The molecular formula is C11H21NO. The molecule has 2 nitrogen and oxygen atoms in total. The van der Waals surface area contributed by atoms with E-state index in [9.17, 15) is 4.79 Å². The summed E-state index contributed by atoms with van der Waals surface area (Å²) >= 11 is 0. The molecule has 1 saturated heterocycles. The summed E-state index contributed by atoms with van der Waals surface area (Å²) < 4.78 is 0. The average Bonchev–Trinajstić information content (AvgIpc) is 2.29. The molecule has 76 valence electrons. The van der Waals surface area contributed by atoms with Gasteiger partial charge < -0.3 is 5.32 Å². The van der Waals surface area contributed by atoms with Crippen LogP contribution in [0.3, 0.4) is 0 Å². The fraction of sp³-hybridized carbons (Fsp3) is 0.909. The second-order valence-corrected chi connectivity index (χ2v) is 5.52. The Hall–Kier alpha value is -0.530. The van der Waals surface area contributed by atoms with Gasteiger partial charge in [0.05, 0.1) is 0 Å². The second kappa shape index (κ2) is 3.32. The number of carbonyl (C=O) groups excluding carboxylic acids is 1. The van der Waals surface area contributed by atoms with E-state index in [1.54, 1.807) is 0 Å². The SMILES string of the molecule is CC(C)C1CC(=O)NC1C(C)(C)C. The Kier molecular flexibility index (Phi) is 2.69. The summed E-state index contributed by atoms with van der Waals surface area (Å²) in [6.45, 7) is 11.0. The summed E-state index contributed by atoms with van der Waals surface area (Å²) in [5.41, 5.74) is 0.182. The van der Waals surface area contributed by atoms with Crippen molar-refractivity contribution in [2.75, 3.05) is 0 Å². The third-order valence-electron chi connectivity index (χ3n) is 2.96. The summed E-state index contributed by atoms with van der Waals surface area (Å²) in [7, 11) is 0. The van der Waals surface area contributed by atoms with Gasteiger partial charge in [-0.25, -0.2) is 0 Å². The van der Waals surface area contributed by atoms with Gasteiger partial charge in [-0.2, -0.15) is 0 Å². The van der Waals surface area contributed by atoms with Gasteiger partial charge in [-0.1, -0.05) is 34.6 Å². The van der Waals surface area contributed by atoms with Crippen LogP contribution in [-0.4, -0.2) is 11.9 Å². The van der Waals surface area contributed by atoms with Crippen LogP contribution in [0.2, 0.25) is 0 Å². The van der Waals surface area contributed by atoms with E-state index in [1.807, 2.05) is 0 Å². The Morgan fingerprint density at radius 1 is 1.38 bits per heavy atom. The van der Waals surface area contributed by atoms with Crippen LogP contribution in [-0.2, 0) is 4.79 Å². The zero-order valence-corrected chi connectivity index (χ0v) is 9.35. The molecular weight excluding hydrogens is 162 g/mol. The molecule has 0 aromatic heterocycles. The Balaban J connectivity index is 2.78. The fourth-order valence-corrected chi connectivity index (χ4v) is 2.15. The highest BCUT2D eigenvalue weighted by atomic mass is 16.2. The van der Waals surface area contributed by atoms with Gasteiger partial charge in [0.1, 0.15) is 0 Å². The predicted molar refractivity (Wildman–Crippen MR) is 54.3 cm³/mol. The molecule has 0 aliphatic carbocycles. The van der Waals surface area contributed by atoms with Crippen molar-refractivity contribution in [3.8, 4) is 0 Å². The van der Waals surface area contributed by atoms with Crippen LogP contribution in [0.25, 0.3) is 0 Å². The Morgan fingerprint density at radius 2 is 1.92 bits per heavy atom. The molecule has 1 rings (SSSR count). The van der Waals surface area contributed by atoms with E-state index in [0.29, 0.717) is 24.3 Å². The lowest BCUT2D eigenvalue weighted by Gasteiger charge is -2.33. The highest BCUT2D eigenvalue weighted by Crippen LogP contribution is 2.35. The lowest BCUT2D eigenvalue weighted by atomic mass is 9.76. The van der Waals surface area contributed by atoms with Crippen LogP contribution < -0.4 is 5.32 Å². The molecule has 2 unspecified atom stereocenters. The van der Waals surface area contributed by atoms with Gasteiger partial charge in [-0.05, 0) is 17.3 Å². The molecule has 1 heterocycles. The maximum Gasteiger partial charge on any atom is 0.220 e. The maximum atomic E-state index is 11.3. The number of hydrogen-bond donors (Lipinski definition) is 1. The standard InChI is InChI=1S/C11H21NO/c1-7(2)8-6-9(13)12-10(8)11(3,4)5/h7-8,10H,6H2,1-5H3,(H,12,13). The summed E-state index contributed by atoms with van der Waals surface area (Å²) in [4.78, 5) is 11.3. The van der Waals surface area contributed by atoms with E-state index in [1.165, 1.54) is 0 Å². The monoisotopic (exact) mass is 183 g/mol. The van der Waals surface area contributed by atoms with Crippen LogP contribution >= 0.6 is 0 Å². The van der Waals surface area contributed by atoms with Gasteiger partial charge in [0.2, 0.25) is 5.91 Å². The van der Waals surface area contributed by atoms with Crippen molar-refractivity contribution in [1.82, 2.24) is 5.32 Å². The second-order valence-electron chi connectivity index (χ2n) is 5.52. The summed E-state index contributed by atoms with van der Waals surface area (Å²) in [6, 6.07) is 0.347. The van der Waals surface area contributed by atoms with Gasteiger partial charge in [0.15, 0.2) is 0 Å². The van der Waals surface area contributed by atoms with Crippen molar-refractivity contribution in [3.05, 3.63) is 0 Å². The molecule has 2 heteroatoms. The molecule has 1 amide bonds. The lowest BCUT2D eigenvalue weighted by molar-refractivity contribution is -0.119. The van der Waals surface area contributed by atoms with E-state index in [0.717, 1.165) is 0 Å². The van der Waals surface area contributed by atoms with E-state index < -0.39 is 0 Å². The van der Waals surface area contributed by atoms with E-state index in [-0.39, 0.29) is 11.3 Å². The van der Waals surface area contributed by atoms with Gasteiger partial charge in [-0.3, -0.25) is 4.79 Å². The topological polar surface area (TPSA) is 29.1 Å². The van der Waals surface area contributed by atoms with Crippen molar-refractivity contribution in [3.63, 3.8) is 0 Å². The molecule has 1 aliphatic rings. The number of nitrogens with one attached hydrogen (secondary N) is 1. The molecule has 1 aliphatic heterocycles. The average molecular weight is 183 g/mol. The number of carbonyl (C=O) groups is 1. The number of rotatable bonds is 1. The van der Waals surface area contributed by atoms with Crippen molar-refractivity contribution in [1.29, 1.82) is 0 Å². The molecule has 0 aromatic carbocycles. The zero-order chi connectivity index (χ0) is 10.2. The van der Waals surface area contributed by atoms with Gasteiger partial charge in [-0.15, -0.1) is 0 Å². The minimum Gasteiger partial charge on any atom is -0.353 e. The minimum atomic E-state index is 0.182. The van der Waals surface area contributed by atoms with Crippen LogP contribution in [0, 0.1) is 17.3 Å². The first kappa shape index (κ1) is 10.6. The third kappa shape index (κ3) is 2.23. The highest BCUT2D eigenvalue weighted by Gasteiger charge is 2.40. The van der Waals surface area contributed by atoms with E-state index in [2.05, 4.69) is 39.9 Å². The summed E-state index contributed by atoms with van der Waals surface area (Å²) in [5, 5.41) is 3.09.